The number of aryl methyl sites for hydroxylation is 1. The molecular formula is C14H13N3O. The van der Waals surface area contributed by atoms with E-state index < -0.39 is 0 Å². The molecule has 1 aromatic carbocycles. The van der Waals surface area contributed by atoms with Crippen LogP contribution in [-0.4, -0.2) is 20.8 Å². The molecule has 0 aliphatic heterocycles. The molecule has 2 heterocycles. The van der Waals surface area contributed by atoms with Gasteiger partial charge in [0.15, 0.2) is 11.9 Å². The summed E-state index contributed by atoms with van der Waals surface area (Å²) < 4.78 is 1.93. The van der Waals surface area contributed by atoms with Crippen molar-refractivity contribution in [2.45, 2.75) is 19.9 Å². The van der Waals surface area contributed by atoms with Gasteiger partial charge in [-0.1, -0.05) is 19.1 Å². The fourth-order valence-corrected chi connectivity index (χ4v) is 2.20. The van der Waals surface area contributed by atoms with E-state index in [-0.39, 0.29) is 0 Å². The Morgan fingerprint density at radius 3 is 2.56 bits per heavy atom. The normalized spacial score (nSPS) is 11.2. The molecule has 0 saturated heterocycles. The van der Waals surface area contributed by atoms with E-state index in [4.69, 9.17) is 0 Å². The van der Waals surface area contributed by atoms with Gasteiger partial charge in [-0.15, -0.1) is 0 Å². The molecule has 18 heavy (non-hydrogen) atoms. The fourth-order valence-electron chi connectivity index (χ4n) is 2.20. The first-order valence-corrected chi connectivity index (χ1v) is 6.04. The quantitative estimate of drug-likeness (QED) is 0.660. The van der Waals surface area contributed by atoms with Crippen LogP contribution in [0.5, 0.6) is 0 Å². The number of nitrogens with zero attached hydrogens (tertiary/aromatic N) is 3. The van der Waals surface area contributed by atoms with Crippen LogP contribution in [0.4, 0.5) is 0 Å². The van der Waals surface area contributed by atoms with E-state index in [1.807, 2.05) is 28.8 Å². The van der Waals surface area contributed by atoms with Crippen molar-refractivity contribution >= 4 is 28.5 Å². The van der Waals surface area contributed by atoms with Crippen molar-refractivity contribution in [1.82, 2.24) is 14.5 Å². The monoisotopic (exact) mass is 239 g/mol. The van der Waals surface area contributed by atoms with Crippen molar-refractivity contribution < 1.29 is 4.79 Å². The standard InChI is InChI=1S/C14H13N3O/c1-2-7-17-10(9-18)8-13-14(17)16-12-6-4-3-5-11(12)15-13/h3-6,8-9H,2,7H2,1H3. The second-order valence-corrected chi connectivity index (χ2v) is 4.26. The summed E-state index contributed by atoms with van der Waals surface area (Å²) in [7, 11) is 0. The molecule has 0 amide bonds. The van der Waals surface area contributed by atoms with Crippen molar-refractivity contribution in [3.63, 3.8) is 0 Å². The average Bonchev–Trinajstić information content (AvgIpc) is 2.74. The molecular weight excluding hydrogens is 226 g/mol. The number of carbonyl (C=O) groups excluding carboxylic acids is 1. The number of fused-ring (bicyclic) bond motifs is 2. The van der Waals surface area contributed by atoms with Crippen molar-refractivity contribution in [1.29, 1.82) is 0 Å². The Morgan fingerprint density at radius 1 is 1.17 bits per heavy atom. The zero-order valence-electron chi connectivity index (χ0n) is 10.1. The van der Waals surface area contributed by atoms with Crippen LogP contribution in [-0.2, 0) is 6.54 Å². The molecule has 4 nitrogen and oxygen atoms in total. The van der Waals surface area contributed by atoms with Gasteiger partial charge >= 0.3 is 0 Å². The predicted molar refractivity (Wildman–Crippen MR) is 70.7 cm³/mol. The van der Waals surface area contributed by atoms with Crippen LogP contribution in [0, 0.1) is 0 Å². The van der Waals surface area contributed by atoms with E-state index in [9.17, 15) is 4.79 Å². The lowest BCUT2D eigenvalue weighted by Crippen LogP contribution is -2.02. The minimum atomic E-state index is 0.641. The lowest BCUT2D eigenvalue weighted by Gasteiger charge is -2.04. The number of hydrogen-bond acceptors (Lipinski definition) is 3. The number of carbonyl (C=O) groups is 1. The molecule has 0 aliphatic carbocycles. The molecule has 0 saturated carbocycles. The third kappa shape index (κ3) is 1.57. The van der Waals surface area contributed by atoms with Crippen LogP contribution in [0.2, 0.25) is 0 Å². The van der Waals surface area contributed by atoms with Crippen molar-refractivity contribution in [2.75, 3.05) is 0 Å². The van der Waals surface area contributed by atoms with E-state index >= 15 is 0 Å². The summed E-state index contributed by atoms with van der Waals surface area (Å²) in [6, 6.07) is 9.55. The fraction of sp³-hybridized carbons (Fsp3) is 0.214. The molecule has 0 aliphatic rings. The molecule has 0 bridgehead atoms. The van der Waals surface area contributed by atoms with Crippen molar-refractivity contribution in [2.24, 2.45) is 0 Å². The summed E-state index contributed by atoms with van der Waals surface area (Å²) >= 11 is 0. The van der Waals surface area contributed by atoms with E-state index in [2.05, 4.69) is 16.9 Å². The molecule has 0 atom stereocenters. The van der Waals surface area contributed by atoms with Gasteiger partial charge in [-0.25, -0.2) is 9.97 Å². The molecule has 0 spiro atoms. The molecule has 0 N–H and O–H groups in total. The van der Waals surface area contributed by atoms with Crippen molar-refractivity contribution in [3.8, 4) is 0 Å². The largest absolute Gasteiger partial charge is 0.322 e. The maximum absolute atomic E-state index is 11.1. The Kier molecular flexibility index (Phi) is 2.55. The highest BCUT2D eigenvalue weighted by molar-refractivity contribution is 5.89. The summed E-state index contributed by atoms with van der Waals surface area (Å²) in [4.78, 5) is 20.2. The van der Waals surface area contributed by atoms with Gasteiger partial charge in [-0.3, -0.25) is 4.79 Å². The van der Waals surface area contributed by atoms with Gasteiger partial charge in [0.25, 0.3) is 0 Å². The topological polar surface area (TPSA) is 47.8 Å². The van der Waals surface area contributed by atoms with Crippen LogP contribution < -0.4 is 0 Å². The second-order valence-electron chi connectivity index (χ2n) is 4.26. The lowest BCUT2D eigenvalue weighted by molar-refractivity contribution is 0.111. The van der Waals surface area contributed by atoms with Crippen LogP contribution >= 0.6 is 0 Å². The van der Waals surface area contributed by atoms with Crippen LogP contribution in [0.25, 0.3) is 22.2 Å². The number of aldehydes is 1. The molecule has 0 unspecified atom stereocenters. The number of rotatable bonds is 3. The number of aromatic nitrogens is 3. The first-order chi connectivity index (χ1) is 8.83. The van der Waals surface area contributed by atoms with Gasteiger partial charge < -0.3 is 4.57 Å². The molecule has 3 aromatic rings. The highest BCUT2D eigenvalue weighted by Crippen LogP contribution is 2.19. The summed E-state index contributed by atoms with van der Waals surface area (Å²) in [6.45, 7) is 2.86. The smallest absolute Gasteiger partial charge is 0.166 e. The Labute approximate surface area is 104 Å². The maximum atomic E-state index is 11.1. The first kappa shape index (κ1) is 10.9. The Balaban J connectivity index is 2.37. The van der Waals surface area contributed by atoms with E-state index in [1.54, 1.807) is 6.07 Å². The van der Waals surface area contributed by atoms with Gasteiger partial charge in [-0.05, 0) is 24.6 Å². The Bertz CT molecular complexity index is 730. The highest BCUT2D eigenvalue weighted by Gasteiger charge is 2.11. The van der Waals surface area contributed by atoms with E-state index in [0.717, 1.165) is 41.4 Å². The van der Waals surface area contributed by atoms with Gasteiger partial charge in [-0.2, -0.15) is 0 Å². The Hall–Kier alpha value is -2.23. The summed E-state index contributed by atoms with van der Waals surface area (Å²) in [5.41, 5.74) is 3.93. The predicted octanol–water partition coefficient (Wildman–Crippen LogP) is 2.81. The molecule has 2 aromatic heterocycles. The summed E-state index contributed by atoms with van der Waals surface area (Å²) in [5.74, 6) is 0. The second kappa shape index (κ2) is 4.22. The van der Waals surface area contributed by atoms with E-state index in [1.165, 1.54) is 0 Å². The lowest BCUT2D eigenvalue weighted by atomic mass is 10.3. The zero-order chi connectivity index (χ0) is 12.5. The number of hydrogen-bond donors (Lipinski definition) is 0. The Morgan fingerprint density at radius 2 is 1.89 bits per heavy atom. The minimum absolute atomic E-state index is 0.641. The van der Waals surface area contributed by atoms with Gasteiger partial charge in [0.1, 0.15) is 5.52 Å². The molecule has 4 heteroatoms. The zero-order valence-corrected chi connectivity index (χ0v) is 10.1. The summed E-state index contributed by atoms with van der Waals surface area (Å²) in [6.07, 6.45) is 1.82. The molecule has 90 valence electrons. The molecule has 0 radical (unpaired) electrons. The highest BCUT2D eigenvalue weighted by atomic mass is 16.1. The minimum Gasteiger partial charge on any atom is -0.322 e. The van der Waals surface area contributed by atoms with Gasteiger partial charge in [0.05, 0.1) is 16.7 Å². The summed E-state index contributed by atoms with van der Waals surface area (Å²) in [5, 5.41) is 0. The van der Waals surface area contributed by atoms with E-state index in [0.29, 0.717) is 5.69 Å². The van der Waals surface area contributed by atoms with Crippen LogP contribution in [0.3, 0.4) is 0 Å². The average molecular weight is 239 g/mol. The van der Waals surface area contributed by atoms with Gasteiger partial charge in [0.2, 0.25) is 0 Å². The third-order valence-electron chi connectivity index (χ3n) is 3.00. The molecule has 3 rings (SSSR count). The number of para-hydroxylation sites is 2. The third-order valence-corrected chi connectivity index (χ3v) is 3.00. The van der Waals surface area contributed by atoms with Crippen molar-refractivity contribution in [3.05, 3.63) is 36.0 Å². The molecule has 0 fully saturated rings. The SMILES string of the molecule is CCCn1c(C=O)cc2nc3ccccc3nc21. The van der Waals surface area contributed by atoms with Crippen LogP contribution in [0.1, 0.15) is 23.8 Å². The van der Waals surface area contributed by atoms with Gasteiger partial charge in [0, 0.05) is 6.54 Å². The number of benzene rings is 1. The first-order valence-electron chi connectivity index (χ1n) is 6.04. The van der Waals surface area contributed by atoms with Crippen LogP contribution in [0.15, 0.2) is 30.3 Å². The maximum Gasteiger partial charge on any atom is 0.166 e.